The van der Waals surface area contributed by atoms with Crippen molar-refractivity contribution in [2.24, 2.45) is 16.5 Å². The standard InChI is InChI=1S/C17H25N5O7/c1-8(23)13(16(28)29)22-15(27)12(3-2-4-20-17(18)19)21-14(26)9-5-10(24)7-11(25)6-9/h5-8,12-13,23-25H,2-4H2,1H3,(H,21,26)(H,22,27)(H,28,29)(H4,18,19,20)/t8-,12+,13+/m1/s1. The van der Waals surface area contributed by atoms with E-state index in [-0.39, 0.29) is 42.4 Å². The zero-order valence-corrected chi connectivity index (χ0v) is 15.7. The number of rotatable bonds is 10. The van der Waals surface area contributed by atoms with Gasteiger partial charge in [0.1, 0.15) is 17.5 Å². The highest BCUT2D eigenvalue weighted by Gasteiger charge is 2.29. The molecular weight excluding hydrogens is 386 g/mol. The highest BCUT2D eigenvalue weighted by atomic mass is 16.4. The van der Waals surface area contributed by atoms with Crippen molar-refractivity contribution in [1.82, 2.24) is 10.6 Å². The number of nitrogens with two attached hydrogens (primary N) is 2. The summed E-state index contributed by atoms with van der Waals surface area (Å²) in [6, 6.07) is 0.417. The molecule has 10 N–H and O–H groups in total. The minimum Gasteiger partial charge on any atom is -0.508 e. The number of carbonyl (C=O) groups is 3. The maximum atomic E-state index is 12.5. The van der Waals surface area contributed by atoms with Crippen molar-refractivity contribution in [1.29, 1.82) is 0 Å². The van der Waals surface area contributed by atoms with E-state index in [1.54, 1.807) is 0 Å². The lowest BCUT2D eigenvalue weighted by atomic mass is 10.1. The van der Waals surface area contributed by atoms with Crippen molar-refractivity contribution in [3.8, 4) is 11.5 Å². The summed E-state index contributed by atoms with van der Waals surface area (Å²) in [6.45, 7) is 1.36. The molecule has 1 rings (SSSR count). The van der Waals surface area contributed by atoms with Crippen LogP contribution in [0.25, 0.3) is 0 Å². The molecule has 12 heteroatoms. The van der Waals surface area contributed by atoms with E-state index in [0.717, 1.165) is 18.2 Å². The Morgan fingerprint density at radius 1 is 1.10 bits per heavy atom. The average Bonchev–Trinajstić information content (AvgIpc) is 2.60. The fraction of sp³-hybridized carbons (Fsp3) is 0.412. The van der Waals surface area contributed by atoms with Crippen LogP contribution in [0, 0.1) is 0 Å². The summed E-state index contributed by atoms with van der Waals surface area (Å²) < 4.78 is 0. The lowest BCUT2D eigenvalue weighted by molar-refractivity contribution is -0.145. The molecule has 0 spiro atoms. The van der Waals surface area contributed by atoms with Crippen LogP contribution in [-0.4, -0.2) is 68.9 Å². The van der Waals surface area contributed by atoms with Crippen LogP contribution in [0.3, 0.4) is 0 Å². The predicted octanol–water partition coefficient (Wildman–Crippen LogP) is -1.80. The number of carboxylic acid groups (broad SMARTS) is 1. The van der Waals surface area contributed by atoms with Crippen LogP contribution in [0.4, 0.5) is 0 Å². The molecule has 0 aliphatic heterocycles. The largest absolute Gasteiger partial charge is 0.508 e. The molecule has 0 radical (unpaired) electrons. The Morgan fingerprint density at radius 3 is 2.17 bits per heavy atom. The lowest BCUT2D eigenvalue weighted by Gasteiger charge is -2.22. The van der Waals surface area contributed by atoms with Crippen molar-refractivity contribution in [3.63, 3.8) is 0 Å². The number of aromatic hydroxyl groups is 2. The molecule has 1 aromatic carbocycles. The summed E-state index contributed by atoms with van der Waals surface area (Å²) >= 11 is 0. The van der Waals surface area contributed by atoms with E-state index in [0.29, 0.717) is 0 Å². The Balaban J connectivity index is 2.96. The Hall–Kier alpha value is -3.54. The fourth-order valence-electron chi connectivity index (χ4n) is 2.38. The van der Waals surface area contributed by atoms with Crippen LogP contribution >= 0.6 is 0 Å². The smallest absolute Gasteiger partial charge is 0.328 e. The van der Waals surface area contributed by atoms with E-state index in [9.17, 15) is 29.7 Å². The SMILES string of the molecule is C[C@@H](O)[C@H](NC(=O)[C@H](CCCN=C(N)N)NC(=O)c1cc(O)cc(O)c1)C(=O)O. The maximum Gasteiger partial charge on any atom is 0.328 e. The van der Waals surface area contributed by atoms with Gasteiger partial charge in [-0.15, -0.1) is 0 Å². The summed E-state index contributed by atoms with van der Waals surface area (Å²) in [5.41, 5.74) is 10.3. The Labute approximate surface area is 166 Å². The van der Waals surface area contributed by atoms with Gasteiger partial charge in [-0.1, -0.05) is 0 Å². The summed E-state index contributed by atoms with van der Waals surface area (Å²) in [4.78, 5) is 39.9. The van der Waals surface area contributed by atoms with Crippen LogP contribution in [0.2, 0.25) is 0 Å². The number of nitrogens with zero attached hydrogens (tertiary/aromatic N) is 1. The molecule has 0 saturated carbocycles. The molecule has 0 fully saturated rings. The summed E-state index contributed by atoms with van der Waals surface area (Å²) in [6.07, 6.45) is -1.06. The molecule has 0 aliphatic rings. The van der Waals surface area contributed by atoms with Gasteiger partial charge in [-0.05, 0) is 31.9 Å². The number of aliphatic hydroxyl groups excluding tert-OH is 1. The molecule has 0 aromatic heterocycles. The van der Waals surface area contributed by atoms with E-state index >= 15 is 0 Å². The van der Waals surface area contributed by atoms with Gasteiger partial charge in [-0.25, -0.2) is 4.79 Å². The molecule has 160 valence electrons. The number of phenols is 2. The first-order valence-electron chi connectivity index (χ1n) is 8.61. The summed E-state index contributed by atoms with van der Waals surface area (Å²) in [5, 5.41) is 42.2. The topological polar surface area (TPSA) is 221 Å². The quantitative estimate of drug-likeness (QED) is 0.123. The van der Waals surface area contributed by atoms with Gasteiger partial charge in [-0.2, -0.15) is 0 Å². The second kappa shape index (κ2) is 10.7. The Kier molecular flexibility index (Phi) is 8.68. The number of carbonyl (C=O) groups excluding carboxylic acids is 2. The first kappa shape index (κ1) is 23.5. The monoisotopic (exact) mass is 411 g/mol. The third-order valence-corrected chi connectivity index (χ3v) is 3.78. The van der Waals surface area contributed by atoms with E-state index in [2.05, 4.69) is 15.6 Å². The van der Waals surface area contributed by atoms with E-state index < -0.39 is 36.0 Å². The number of amides is 2. The number of phenolic OH excluding ortho intramolecular Hbond substituents is 2. The molecular formula is C17H25N5O7. The first-order chi connectivity index (χ1) is 13.5. The van der Waals surface area contributed by atoms with Crippen LogP contribution in [0.1, 0.15) is 30.1 Å². The minimum absolute atomic E-state index is 0.0469. The zero-order chi connectivity index (χ0) is 22.1. The molecule has 0 aliphatic carbocycles. The number of carboxylic acids is 1. The molecule has 0 bridgehead atoms. The van der Waals surface area contributed by atoms with E-state index in [1.165, 1.54) is 6.92 Å². The van der Waals surface area contributed by atoms with Gasteiger partial charge in [0, 0.05) is 18.2 Å². The molecule has 0 heterocycles. The molecule has 0 unspecified atom stereocenters. The molecule has 3 atom stereocenters. The lowest BCUT2D eigenvalue weighted by Crippen LogP contribution is -2.54. The van der Waals surface area contributed by atoms with Gasteiger partial charge in [0.2, 0.25) is 5.91 Å². The van der Waals surface area contributed by atoms with Gasteiger partial charge in [-0.3, -0.25) is 14.6 Å². The number of aliphatic carboxylic acids is 1. The third-order valence-electron chi connectivity index (χ3n) is 3.78. The number of nitrogens with one attached hydrogen (secondary N) is 2. The maximum absolute atomic E-state index is 12.5. The molecule has 29 heavy (non-hydrogen) atoms. The highest BCUT2D eigenvalue weighted by Crippen LogP contribution is 2.20. The van der Waals surface area contributed by atoms with Gasteiger partial charge in [0.15, 0.2) is 12.0 Å². The Bertz CT molecular complexity index is 757. The molecule has 1 aromatic rings. The molecule has 12 nitrogen and oxygen atoms in total. The number of benzene rings is 1. The number of hydrogen-bond donors (Lipinski definition) is 8. The zero-order valence-electron chi connectivity index (χ0n) is 15.7. The summed E-state index contributed by atoms with van der Waals surface area (Å²) in [7, 11) is 0. The van der Waals surface area contributed by atoms with Gasteiger partial charge in [0.25, 0.3) is 5.91 Å². The van der Waals surface area contributed by atoms with Crippen LogP contribution < -0.4 is 22.1 Å². The van der Waals surface area contributed by atoms with Crippen molar-refractivity contribution >= 4 is 23.7 Å². The van der Waals surface area contributed by atoms with Crippen LogP contribution in [0.5, 0.6) is 11.5 Å². The average molecular weight is 411 g/mol. The molecule has 0 saturated heterocycles. The number of aliphatic imine (C=N–C) groups is 1. The Morgan fingerprint density at radius 2 is 1.69 bits per heavy atom. The van der Waals surface area contributed by atoms with Gasteiger partial charge in [0.05, 0.1) is 6.10 Å². The second-order valence-corrected chi connectivity index (χ2v) is 6.28. The van der Waals surface area contributed by atoms with Crippen molar-refractivity contribution in [2.45, 2.75) is 38.0 Å². The second-order valence-electron chi connectivity index (χ2n) is 6.28. The van der Waals surface area contributed by atoms with Gasteiger partial charge >= 0.3 is 5.97 Å². The minimum atomic E-state index is -1.58. The van der Waals surface area contributed by atoms with Crippen LogP contribution in [0.15, 0.2) is 23.2 Å². The molecule has 2 amide bonds. The highest BCUT2D eigenvalue weighted by molar-refractivity contribution is 5.98. The van der Waals surface area contributed by atoms with Crippen molar-refractivity contribution in [3.05, 3.63) is 23.8 Å². The van der Waals surface area contributed by atoms with Crippen molar-refractivity contribution < 1.29 is 34.8 Å². The predicted molar refractivity (Wildman–Crippen MR) is 102 cm³/mol. The van der Waals surface area contributed by atoms with Gasteiger partial charge < -0.3 is 42.5 Å². The fourth-order valence-corrected chi connectivity index (χ4v) is 2.38. The summed E-state index contributed by atoms with van der Waals surface area (Å²) in [5.74, 6) is -3.95. The van der Waals surface area contributed by atoms with E-state index in [4.69, 9.17) is 16.6 Å². The van der Waals surface area contributed by atoms with E-state index in [1.807, 2.05) is 0 Å². The number of hydrogen-bond acceptors (Lipinski definition) is 7. The number of guanidine groups is 1. The number of aliphatic hydroxyl groups is 1. The van der Waals surface area contributed by atoms with Crippen LogP contribution in [-0.2, 0) is 9.59 Å². The first-order valence-corrected chi connectivity index (χ1v) is 8.61. The normalized spacial score (nSPS) is 13.6. The van der Waals surface area contributed by atoms with Crippen molar-refractivity contribution in [2.75, 3.05) is 6.54 Å². The third kappa shape index (κ3) is 7.92.